The number of carbonyl (C=O) groups is 1. The van der Waals surface area contributed by atoms with Crippen LogP contribution in [0.2, 0.25) is 0 Å². The molecule has 3 rings (SSSR count). The molecule has 1 aliphatic heterocycles. The summed E-state index contributed by atoms with van der Waals surface area (Å²) < 4.78 is 5.39. The molecule has 2 heterocycles. The Morgan fingerprint density at radius 3 is 2.83 bits per heavy atom. The Morgan fingerprint density at radius 2 is 2.11 bits per heavy atom. The van der Waals surface area contributed by atoms with Gasteiger partial charge in [-0.15, -0.1) is 0 Å². The SMILES string of the molecule is CC1(C)NC(=O)Cc2cc(-c3ccco3)ccc21. The minimum atomic E-state index is -0.299. The van der Waals surface area contributed by atoms with Crippen LogP contribution in [-0.2, 0) is 16.8 Å². The molecule has 1 amide bonds. The van der Waals surface area contributed by atoms with E-state index in [9.17, 15) is 4.79 Å². The van der Waals surface area contributed by atoms with E-state index >= 15 is 0 Å². The molecule has 0 radical (unpaired) electrons. The summed E-state index contributed by atoms with van der Waals surface area (Å²) in [4.78, 5) is 11.7. The van der Waals surface area contributed by atoms with Crippen LogP contribution in [-0.4, -0.2) is 5.91 Å². The van der Waals surface area contributed by atoms with E-state index in [0.29, 0.717) is 6.42 Å². The van der Waals surface area contributed by atoms with Gasteiger partial charge in [-0.3, -0.25) is 4.79 Å². The summed E-state index contributed by atoms with van der Waals surface area (Å²) in [5.41, 5.74) is 2.98. The number of nitrogens with one attached hydrogen (secondary N) is 1. The first kappa shape index (κ1) is 11.1. The highest BCUT2D eigenvalue weighted by atomic mass is 16.3. The van der Waals surface area contributed by atoms with E-state index in [1.807, 2.05) is 32.0 Å². The highest BCUT2D eigenvalue weighted by Gasteiger charge is 2.30. The third-order valence-corrected chi connectivity index (χ3v) is 3.39. The van der Waals surface area contributed by atoms with Crippen LogP contribution >= 0.6 is 0 Å². The number of hydrogen-bond donors (Lipinski definition) is 1. The molecule has 0 saturated carbocycles. The molecule has 1 aromatic heterocycles. The monoisotopic (exact) mass is 241 g/mol. The van der Waals surface area contributed by atoms with Gasteiger partial charge in [-0.2, -0.15) is 0 Å². The quantitative estimate of drug-likeness (QED) is 0.834. The number of benzene rings is 1. The second-order valence-electron chi connectivity index (χ2n) is 5.20. The van der Waals surface area contributed by atoms with E-state index in [4.69, 9.17) is 4.42 Å². The van der Waals surface area contributed by atoms with Crippen LogP contribution in [0.25, 0.3) is 11.3 Å². The molecule has 3 heteroatoms. The Kier molecular flexibility index (Phi) is 2.30. The summed E-state index contributed by atoms with van der Waals surface area (Å²) in [7, 11) is 0. The summed E-state index contributed by atoms with van der Waals surface area (Å²) in [6, 6.07) is 9.96. The highest BCUT2D eigenvalue weighted by Crippen LogP contribution is 2.32. The molecule has 0 bridgehead atoms. The number of amides is 1. The molecule has 0 unspecified atom stereocenters. The normalized spacial score (nSPS) is 17.1. The standard InChI is InChI=1S/C15H15NO2/c1-15(2)12-6-5-10(13-4-3-7-18-13)8-11(12)9-14(17)16-15/h3-8H,9H2,1-2H3,(H,16,17). The van der Waals surface area contributed by atoms with Gasteiger partial charge in [0.25, 0.3) is 0 Å². The van der Waals surface area contributed by atoms with Gasteiger partial charge in [0.1, 0.15) is 5.76 Å². The van der Waals surface area contributed by atoms with Crippen LogP contribution in [0.5, 0.6) is 0 Å². The zero-order chi connectivity index (χ0) is 12.8. The summed E-state index contributed by atoms with van der Waals surface area (Å²) in [6.45, 7) is 4.05. The van der Waals surface area contributed by atoms with Gasteiger partial charge in [0.05, 0.1) is 18.2 Å². The first-order valence-electron chi connectivity index (χ1n) is 6.04. The molecule has 1 aromatic carbocycles. The zero-order valence-electron chi connectivity index (χ0n) is 10.5. The van der Waals surface area contributed by atoms with Gasteiger partial charge in [-0.05, 0) is 43.2 Å². The van der Waals surface area contributed by atoms with Crippen molar-refractivity contribution in [1.29, 1.82) is 0 Å². The molecule has 0 spiro atoms. The molecule has 2 aromatic rings. The number of furan rings is 1. The molecule has 0 saturated heterocycles. The Balaban J connectivity index is 2.11. The first-order chi connectivity index (χ1) is 8.56. The molecule has 92 valence electrons. The third-order valence-electron chi connectivity index (χ3n) is 3.39. The average Bonchev–Trinajstić information content (AvgIpc) is 2.80. The van der Waals surface area contributed by atoms with Crippen LogP contribution in [0.3, 0.4) is 0 Å². The average molecular weight is 241 g/mol. The second kappa shape index (κ2) is 3.73. The molecule has 1 aliphatic rings. The van der Waals surface area contributed by atoms with Gasteiger partial charge in [-0.1, -0.05) is 12.1 Å². The van der Waals surface area contributed by atoms with Crippen molar-refractivity contribution in [3.05, 3.63) is 47.7 Å². The smallest absolute Gasteiger partial charge is 0.225 e. The van der Waals surface area contributed by atoms with E-state index in [2.05, 4.69) is 17.4 Å². The van der Waals surface area contributed by atoms with E-state index in [1.165, 1.54) is 5.56 Å². The van der Waals surface area contributed by atoms with Crippen LogP contribution in [0, 0.1) is 0 Å². The predicted molar refractivity (Wildman–Crippen MR) is 69.0 cm³/mol. The van der Waals surface area contributed by atoms with Crippen molar-refractivity contribution < 1.29 is 9.21 Å². The fourth-order valence-electron chi connectivity index (χ4n) is 2.58. The largest absolute Gasteiger partial charge is 0.464 e. The number of carbonyl (C=O) groups excluding carboxylic acids is 1. The topological polar surface area (TPSA) is 42.2 Å². The summed E-state index contributed by atoms with van der Waals surface area (Å²) in [6.07, 6.45) is 2.10. The lowest BCUT2D eigenvalue weighted by atomic mass is 9.84. The second-order valence-corrected chi connectivity index (χ2v) is 5.20. The number of rotatable bonds is 1. The van der Waals surface area contributed by atoms with Crippen LogP contribution < -0.4 is 5.32 Å². The Bertz CT molecular complexity index is 597. The Morgan fingerprint density at radius 1 is 1.28 bits per heavy atom. The zero-order valence-corrected chi connectivity index (χ0v) is 10.5. The van der Waals surface area contributed by atoms with Crippen molar-refractivity contribution in [3.8, 4) is 11.3 Å². The lowest BCUT2D eigenvalue weighted by Gasteiger charge is -2.33. The maximum atomic E-state index is 11.7. The molecule has 1 N–H and O–H groups in total. The molecule has 0 atom stereocenters. The predicted octanol–water partition coefficient (Wildman–Crippen LogP) is 2.85. The number of fused-ring (bicyclic) bond motifs is 1. The minimum absolute atomic E-state index is 0.0732. The molecule has 0 aliphatic carbocycles. The van der Waals surface area contributed by atoms with E-state index in [-0.39, 0.29) is 11.4 Å². The van der Waals surface area contributed by atoms with Crippen LogP contribution in [0.4, 0.5) is 0 Å². The van der Waals surface area contributed by atoms with Crippen molar-refractivity contribution in [3.63, 3.8) is 0 Å². The van der Waals surface area contributed by atoms with E-state index in [1.54, 1.807) is 6.26 Å². The molecule has 0 fully saturated rings. The van der Waals surface area contributed by atoms with Gasteiger partial charge >= 0.3 is 0 Å². The molecule has 3 nitrogen and oxygen atoms in total. The van der Waals surface area contributed by atoms with Gasteiger partial charge in [0, 0.05) is 5.56 Å². The highest BCUT2D eigenvalue weighted by molar-refractivity contribution is 5.83. The van der Waals surface area contributed by atoms with Crippen molar-refractivity contribution in [2.75, 3.05) is 0 Å². The van der Waals surface area contributed by atoms with Gasteiger partial charge in [-0.25, -0.2) is 0 Å². The lowest BCUT2D eigenvalue weighted by Crippen LogP contribution is -2.46. The van der Waals surface area contributed by atoms with Crippen molar-refractivity contribution >= 4 is 5.91 Å². The first-order valence-corrected chi connectivity index (χ1v) is 6.04. The maximum Gasteiger partial charge on any atom is 0.225 e. The van der Waals surface area contributed by atoms with E-state index in [0.717, 1.165) is 16.9 Å². The fraction of sp³-hybridized carbons (Fsp3) is 0.267. The summed E-state index contributed by atoms with van der Waals surface area (Å²) >= 11 is 0. The van der Waals surface area contributed by atoms with Crippen molar-refractivity contribution in [2.24, 2.45) is 0 Å². The Labute approximate surface area is 106 Å². The molecule has 18 heavy (non-hydrogen) atoms. The molecular weight excluding hydrogens is 226 g/mol. The lowest BCUT2D eigenvalue weighted by molar-refractivity contribution is -0.122. The fourth-order valence-corrected chi connectivity index (χ4v) is 2.58. The van der Waals surface area contributed by atoms with Crippen LogP contribution in [0.1, 0.15) is 25.0 Å². The van der Waals surface area contributed by atoms with Crippen molar-refractivity contribution in [1.82, 2.24) is 5.32 Å². The number of hydrogen-bond acceptors (Lipinski definition) is 2. The van der Waals surface area contributed by atoms with Gasteiger partial charge in [0.2, 0.25) is 5.91 Å². The van der Waals surface area contributed by atoms with E-state index < -0.39 is 0 Å². The van der Waals surface area contributed by atoms with Crippen molar-refractivity contribution in [2.45, 2.75) is 25.8 Å². The minimum Gasteiger partial charge on any atom is -0.464 e. The third kappa shape index (κ3) is 1.72. The summed E-state index contributed by atoms with van der Waals surface area (Å²) in [5, 5.41) is 3.00. The van der Waals surface area contributed by atoms with Gasteiger partial charge in [0.15, 0.2) is 0 Å². The van der Waals surface area contributed by atoms with Gasteiger partial charge < -0.3 is 9.73 Å². The maximum absolute atomic E-state index is 11.7. The molecular formula is C15H15NO2. The van der Waals surface area contributed by atoms with Crippen LogP contribution in [0.15, 0.2) is 41.0 Å². The summed E-state index contributed by atoms with van der Waals surface area (Å²) in [5.74, 6) is 0.908. The Hall–Kier alpha value is -2.03.